The molecular formula is C22H22N4O. The Hall–Kier alpha value is -3.21. The Morgan fingerprint density at radius 3 is 2.44 bits per heavy atom. The predicted molar refractivity (Wildman–Crippen MR) is 108 cm³/mol. The quantitative estimate of drug-likeness (QED) is 0.752. The smallest absolute Gasteiger partial charge is 0.261 e. The van der Waals surface area contributed by atoms with Crippen LogP contribution in [0.2, 0.25) is 0 Å². The number of aromatic nitrogens is 2. The van der Waals surface area contributed by atoms with Gasteiger partial charge in [-0.05, 0) is 62.1 Å². The van der Waals surface area contributed by atoms with Crippen molar-refractivity contribution in [3.05, 3.63) is 77.1 Å². The number of benzene rings is 2. The van der Waals surface area contributed by atoms with Crippen LogP contribution in [0.4, 0.5) is 17.3 Å². The summed E-state index contributed by atoms with van der Waals surface area (Å²) in [4.78, 5) is 23.5. The number of fused-ring (bicyclic) bond motifs is 1. The van der Waals surface area contributed by atoms with Crippen LogP contribution in [0.15, 0.2) is 54.9 Å². The average molecular weight is 358 g/mol. The number of aryl methyl sites for hydroxylation is 2. The minimum Gasteiger partial charge on any atom is -0.324 e. The molecule has 0 radical (unpaired) electrons. The third kappa shape index (κ3) is 3.40. The second-order valence-corrected chi connectivity index (χ2v) is 7.15. The SMILES string of the molecule is Cc1cc(C)cc(Nc2ncc(C(=O)N3c4ccccc4CC3C)cn2)c1. The average Bonchev–Trinajstić information content (AvgIpc) is 2.96. The molecule has 4 rings (SSSR count). The number of hydrogen-bond donors (Lipinski definition) is 1. The number of carbonyl (C=O) groups excluding carboxylic acids is 1. The molecule has 27 heavy (non-hydrogen) atoms. The fourth-order valence-corrected chi connectivity index (χ4v) is 3.69. The van der Waals surface area contributed by atoms with E-state index >= 15 is 0 Å². The molecule has 136 valence electrons. The van der Waals surface area contributed by atoms with Gasteiger partial charge in [0, 0.05) is 29.8 Å². The first kappa shape index (κ1) is 17.2. The molecule has 1 unspecified atom stereocenters. The topological polar surface area (TPSA) is 58.1 Å². The number of carbonyl (C=O) groups is 1. The van der Waals surface area contributed by atoms with Crippen LogP contribution in [-0.2, 0) is 6.42 Å². The van der Waals surface area contributed by atoms with Crippen LogP contribution in [0.25, 0.3) is 0 Å². The maximum atomic E-state index is 13.0. The summed E-state index contributed by atoms with van der Waals surface area (Å²) in [5, 5.41) is 3.20. The first-order chi connectivity index (χ1) is 13.0. The van der Waals surface area contributed by atoms with Crippen molar-refractivity contribution < 1.29 is 4.79 Å². The lowest BCUT2D eigenvalue weighted by Gasteiger charge is -2.22. The van der Waals surface area contributed by atoms with Gasteiger partial charge in [-0.2, -0.15) is 0 Å². The first-order valence-electron chi connectivity index (χ1n) is 9.10. The van der Waals surface area contributed by atoms with E-state index in [0.717, 1.165) is 17.8 Å². The van der Waals surface area contributed by atoms with Gasteiger partial charge in [0.05, 0.1) is 5.56 Å². The molecule has 2 heterocycles. The summed E-state index contributed by atoms with van der Waals surface area (Å²) in [6.45, 7) is 6.17. The number of nitrogens with one attached hydrogen (secondary N) is 1. The van der Waals surface area contributed by atoms with E-state index in [1.54, 1.807) is 12.4 Å². The van der Waals surface area contributed by atoms with Gasteiger partial charge in [-0.15, -0.1) is 0 Å². The zero-order valence-electron chi connectivity index (χ0n) is 15.7. The van der Waals surface area contributed by atoms with Gasteiger partial charge in [0.15, 0.2) is 0 Å². The standard InChI is InChI=1S/C22H22N4O/c1-14-8-15(2)10-19(9-14)25-22-23-12-18(13-24-22)21(27)26-16(3)11-17-6-4-5-7-20(17)26/h4-10,12-13,16H,11H2,1-3H3,(H,23,24,25). The first-order valence-corrected chi connectivity index (χ1v) is 9.10. The molecule has 2 aromatic carbocycles. The lowest BCUT2D eigenvalue weighted by molar-refractivity contribution is 0.0981. The van der Waals surface area contributed by atoms with Crippen molar-refractivity contribution in [3.63, 3.8) is 0 Å². The van der Waals surface area contributed by atoms with Gasteiger partial charge in [0.25, 0.3) is 5.91 Å². The number of hydrogen-bond acceptors (Lipinski definition) is 4. The van der Waals surface area contributed by atoms with Crippen molar-refractivity contribution in [2.45, 2.75) is 33.2 Å². The van der Waals surface area contributed by atoms with Crippen molar-refractivity contribution in [2.75, 3.05) is 10.2 Å². The van der Waals surface area contributed by atoms with E-state index in [4.69, 9.17) is 0 Å². The second-order valence-electron chi connectivity index (χ2n) is 7.15. The van der Waals surface area contributed by atoms with Crippen molar-refractivity contribution in [1.29, 1.82) is 0 Å². The third-order valence-electron chi connectivity index (χ3n) is 4.80. The van der Waals surface area contributed by atoms with Gasteiger partial charge in [0.1, 0.15) is 0 Å². The van der Waals surface area contributed by atoms with Crippen LogP contribution in [0.1, 0.15) is 34.0 Å². The van der Waals surface area contributed by atoms with Crippen molar-refractivity contribution in [1.82, 2.24) is 9.97 Å². The fraction of sp³-hybridized carbons (Fsp3) is 0.227. The fourth-order valence-electron chi connectivity index (χ4n) is 3.69. The highest BCUT2D eigenvalue weighted by atomic mass is 16.2. The Morgan fingerprint density at radius 1 is 1.07 bits per heavy atom. The van der Waals surface area contributed by atoms with Crippen molar-refractivity contribution >= 4 is 23.2 Å². The van der Waals surface area contributed by atoms with Crippen molar-refractivity contribution in [3.8, 4) is 0 Å². The predicted octanol–water partition coefficient (Wildman–Crippen LogP) is 4.43. The van der Waals surface area contributed by atoms with E-state index in [-0.39, 0.29) is 11.9 Å². The molecule has 0 aliphatic carbocycles. The van der Waals surface area contributed by atoms with Crippen LogP contribution in [0, 0.1) is 13.8 Å². The number of nitrogens with zero attached hydrogens (tertiary/aromatic N) is 3. The van der Waals surface area contributed by atoms with Gasteiger partial charge in [-0.25, -0.2) is 9.97 Å². The molecule has 5 nitrogen and oxygen atoms in total. The van der Waals surface area contributed by atoms with Gasteiger partial charge in [-0.1, -0.05) is 24.3 Å². The Kier molecular flexibility index (Phi) is 4.36. The highest BCUT2D eigenvalue weighted by molar-refractivity contribution is 6.07. The minimum atomic E-state index is -0.0644. The van der Waals surface area contributed by atoms with Gasteiger partial charge >= 0.3 is 0 Å². The summed E-state index contributed by atoms with van der Waals surface area (Å²) in [6.07, 6.45) is 4.05. The van der Waals surface area contributed by atoms with Crippen LogP contribution < -0.4 is 10.2 Å². The molecule has 0 bridgehead atoms. The lowest BCUT2D eigenvalue weighted by atomic mass is 10.1. The highest BCUT2D eigenvalue weighted by Crippen LogP contribution is 2.32. The van der Waals surface area contributed by atoms with E-state index < -0.39 is 0 Å². The Bertz CT molecular complexity index is 977. The van der Waals surface area contributed by atoms with Crippen LogP contribution in [0.5, 0.6) is 0 Å². The number of anilines is 3. The molecule has 1 aromatic heterocycles. The molecule has 1 atom stereocenters. The summed E-state index contributed by atoms with van der Waals surface area (Å²) >= 11 is 0. The molecule has 1 N–H and O–H groups in total. The Labute approximate surface area is 159 Å². The Morgan fingerprint density at radius 2 is 1.74 bits per heavy atom. The number of rotatable bonds is 3. The largest absolute Gasteiger partial charge is 0.324 e. The molecule has 0 spiro atoms. The van der Waals surface area contributed by atoms with E-state index in [9.17, 15) is 4.79 Å². The van der Waals surface area contributed by atoms with Gasteiger partial charge in [0.2, 0.25) is 5.95 Å². The third-order valence-corrected chi connectivity index (χ3v) is 4.80. The molecule has 1 amide bonds. The monoisotopic (exact) mass is 358 g/mol. The second kappa shape index (κ2) is 6.83. The normalized spacial score (nSPS) is 15.5. The molecule has 1 aliphatic rings. The maximum absolute atomic E-state index is 13.0. The maximum Gasteiger partial charge on any atom is 0.261 e. The number of amides is 1. The molecule has 0 saturated carbocycles. The lowest BCUT2D eigenvalue weighted by Crippen LogP contribution is -2.35. The van der Waals surface area contributed by atoms with Crippen LogP contribution >= 0.6 is 0 Å². The van der Waals surface area contributed by atoms with E-state index in [1.165, 1.54) is 16.7 Å². The molecule has 0 saturated heterocycles. The van der Waals surface area contributed by atoms with E-state index in [1.807, 2.05) is 35.2 Å². The van der Waals surface area contributed by atoms with Crippen LogP contribution in [-0.4, -0.2) is 21.9 Å². The molecule has 1 aliphatic heterocycles. The van der Waals surface area contributed by atoms with Crippen molar-refractivity contribution in [2.24, 2.45) is 0 Å². The molecular weight excluding hydrogens is 336 g/mol. The molecule has 5 heteroatoms. The van der Waals surface area contributed by atoms with Gasteiger partial charge in [-0.3, -0.25) is 4.79 Å². The highest BCUT2D eigenvalue weighted by Gasteiger charge is 2.31. The number of para-hydroxylation sites is 1. The summed E-state index contributed by atoms with van der Waals surface area (Å²) in [6, 6.07) is 14.4. The minimum absolute atomic E-state index is 0.0644. The van der Waals surface area contributed by atoms with E-state index in [0.29, 0.717) is 11.5 Å². The molecule has 3 aromatic rings. The summed E-state index contributed by atoms with van der Waals surface area (Å²) in [5.74, 6) is 0.414. The zero-order valence-corrected chi connectivity index (χ0v) is 15.7. The summed E-state index contributed by atoms with van der Waals surface area (Å²) in [5.41, 5.74) is 5.95. The zero-order chi connectivity index (χ0) is 19.0. The summed E-state index contributed by atoms with van der Waals surface area (Å²) < 4.78 is 0. The summed E-state index contributed by atoms with van der Waals surface area (Å²) in [7, 11) is 0. The van der Waals surface area contributed by atoms with E-state index in [2.05, 4.69) is 48.2 Å². The van der Waals surface area contributed by atoms with Gasteiger partial charge < -0.3 is 10.2 Å². The van der Waals surface area contributed by atoms with Crippen LogP contribution in [0.3, 0.4) is 0 Å². The molecule has 0 fully saturated rings. The Balaban J connectivity index is 1.55.